The topological polar surface area (TPSA) is 75.6 Å². The Morgan fingerprint density at radius 2 is 1.70 bits per heavy atom. The van der Waals surface area contributed by atoms with Crippen LogP contribution in [0.15, 0.2) is 54.7 Å². The molecule has 0 aliphatic carbocycles. The van der Waals surface area contributed by atoms with Crippen molar-refractivity contribution in [3.8, 4) is 22.5 Å². The van der Waals surface area contributed by atoms with Crippen LogP contribution in [-0.4, -0.2) is 57.7 Å². The number of rotatable bonds is 3. The van der Waals surface area contributed by atoms with Crippen LogP contribution >= 0.6 is 0 Å². The van der Waals surface area contributed by atoms with Crippen LogP contribution in [0.4, 0.5) is 16.0 Å². The van der Waals surface area contributed by atoms with Gasteiger partial charge in [0.25, 0.3) is 0 Å². The van der Waals surface area contributed by atoms with Gasteiger partial charge in [-0.05, 0) is 55.6 Å². The Morgan fingerprint density at radius 3 is 2.43 bits per heavy atom. The van der Waals surface area contributed by atoms with Gasteiger partial charge in [0.1, 0.15) is 23.1 Å². The minimum absolute atomic E-state index is 0.285. The molecule has 3 aromatic heterocycles. The zero-order valence-electron chi connectivity index (χ0n) is 16.7. The van der Waals surface area contributed by atoms with Crippen molar-refractivity contribution in [2.45, 2.75) is 0 Å². The normalized spacial score (nSPS) is 15.1. The molecule has 1 saturated heterocycles. The maximum absolute atomic E-state index is 13.5. The van der Waals surface area contributed by atoms with E-state index in [1.165, 1.54) is 12.1 Å². The predicted molar refractivity (Wildman–Crippen MR) is 116 cm³/mol. The number of hydrogen-bond acceptors (Lipinski definition) is 6. The molecule has 0 unspecified atom stereocenters. The van der Waals surface area contributed by atoms with Crippen molar-refractivity contribution >= 4 is 17.3 Å². The van der Waals surface area contributed by atoms with Crippen LogP contribution in [0.5, 0.6) is 0 Å². The monoisotopic (exact) mass is 403 g/mol. The van der Waals surface area contributed by atoms with E-state index in [9.17, 15) is 4.39 Å². The summed E-state index contributed by atoms with van der Waals surface area (Å²) in [5, 5.41) is 4.92. The van der Waals surface area contributed by atoms with E-state index in [0.717, 1.165) is 60.2 Å². The average molecular weight is 403 g/mol. The molecule has 8 heteroatoms. The molecule has 5 rings (SSSR count). The quantitative estimate of drug-likeness (QED) is 0.567. The summed E-state index contributed by atoms with van der Waals surface area (Å²) >= 11 is 0. The molecule has 4 aromatic rings. The largest absolute Gasteiger partial charge is 0.384 e. The van der Waals surface area contributed by atoms with Gasteiger partial charge in [0.15, 0.2) is 5.65 Å². The van der Waals surface area contributed by atoms with Crippen molar-refractivity contribution < 1.29 is 4.39 Å². The highest BCUT2D eigenvalue weighted by molar-refractivity contribution is 5.82. The molecule has 0 spiro atoms. The first kappa shape index (κ1) is 18.5. The lowest BCUT2D eigenvalue weighted by Crippen LogP contribution is -2.44. The molecule has 0 saturated carbocycles. The molecular formula is C22H22FN7. The third-order valence-electron chi connectivity index (χ3n) is 5.46. The Hall–Kier alpha value is -3.52. The molecule has 152 valence electrons. The molecule has 1 fully saturated rings. The van der Waals surface area contributed by atoms with Crippen LogP contribution in [0.2, 0.25) is 0 Å². The van der Waals surface area contributed by atoms with Crippen molar-refractivity contribution in [1.29, 1.82) is 0 Å². The first-order chi connectivity index (χ1) is 14.6. The molecule has 7 nitrogen and oxygen atoms in total. The Bertz CT molecular complexity index is 1190. The Balaban J connectivity index is 1.69. The van der Waals surface area contributed by atoms with E-state index in [4.69, 9.17) is 15.8 Å². The van der Waals surface area contributed by atoms with Crippen molar-refractivity contribution in [2.75, 3.05) is 43.9 Å². The number of likely N-dealkylation sites (N-methyl/N-ethyl adjacent to an activating group) is 1. The number of nitrogens with zero attached hydrogens (tertiary/aromatic N) is 6. The average Bonchev–Trinajstić information content (AvgIpc) is 3.13. The molecular weight excluding hydrogens is 381 g/mol. The number of pyridine rings is 1. The van der Waals surface area contributed by atoms with Crippen molar-refractivity contribution in [3.05, 3.63) is 60.5 Å². The minimum Gasteiger partial charge on any atom is -0.384 e. The highest BCUT2D eigenvalue weighted by Gasteiger charge is 2.20. The number of anilines is 2. The van der Waals surface area contributed by atoms with E-state index < -0.39 is 0 Å². The number of aromatic nitrogens is 4. The van der Waals surface area contributed by atoms with Crippen molar-refractivity contribution in [3.63, 3.8) is 0 Å². The number of halogens is 1. The second kappa shape index (κ2) is 7.38. The van der Waals surface area contributed by atoms with Gasteiger partial charge in [0.05, 0.1) is 5.69 Å². The number of benzene rings is 1. The molecule has 1 aliphatic rings. The summed E-state index contributed by atoms with van der Waals surface area (Å²) in [4.78, 5) is 13.5. The van der Waals surface area contributed by atoms with E-state index in [1.54, 1.807) is 24.4 Å². The summed E-state index contributed by atoms with van der Waals surface area (Å²) < 4.78 is 15.3. The maximum Gasteiger partial charge on any atom is 0.155 e. The molecule has 1 aliphatic heterocycles. The summed E-state index contributed by atoms with van der Waals surface area (Å²) in [7, 11) is 2.13. The van der Waals surface area contributed by atoms with Crippen LogP contribution in [0.1, 0.15) is 0 Å². The third-order valence-corrected chi connectivity index (χ3v) is 5.46. The molecule has 1 aromatic carbocycles. The van der Waals surface area contributed by atoms with Crippen LogP contribution in [0.25, 0.3) is 28.2 Å². The van der Waals surface area contributed by atoms with Gasteiger partial charge in [-0.1, -0.05) is 0 Å². The first-order valence-corrected chi connectivity index (χ1v) is 9.89. The number of fused-ring (bicyclic) bond motifs is 1. The zero-order valence-corrected chi connectivity index (χ0v) is 16.7. The molecule has 4 heterocycles. The fraction of sp³-hybridized carbons (Fsp3) is 0.227. The van der Waals surface area contributed by atoms with E-state index in [-0.39, 0.29) is 5.82 Å². The van der Waals surface area contributed by atoms with Gasteiger partial charge >= 0.3 is 0 Å². The van der Waals surface area contributed by atoms with Crippen molar-refractivity contribution in [1.82, 2.24) is 24.5 Å². The van der Waals surface area contributed by atoms with Gasteiger partial charge in [-0.25, -0.2) is 18.9 Å². The lowest BCUT2D eigenvalue weighted by atomic mass is 10.1. The Kier molecular flexibility index (Phi) is 4.55. The fourth-order valence-corrected chi connectivity index (χ4v) is 3.79. The Labute approximate surface area is 173 Å². The van der Waals surface area contributed by atoms with Crippen LogP contribution in [0.3, 0.4) is 0 Å². The van der Waals surface area contributed by atoms with E-state index in [2.05, 4.69) is 21.8 Å². The maximum atomic E-state index is 13.5. The van der Waals surface area contributed by atoms with Gasteiger partial charge < -0.3 is 15.5 Å². The minimum atomic E-state index is -0.285. The van der Waals surface area contributed by atoms with Gasteiger partial charge in [-0.3, -0.25) is 0 Å². The predicted octanol–water partition coefficient (Wildman–Crippen LogP) is 2.93. The van der Waals surface area contributed by atoms with E-state index >= 15 is 0 Å². The van der Waals surface area contributed by atoms with E-state index in [1.807, 2.05) is 22.7 Å². The number of imidazole rings is 1. The lowest BCUT2D eigenvalue weighted by molar-refractivity contribution is 0.311. The standard InChI is InChI=1S/C22H22FN7/c1-28-10-12-29(13-11-28)20-7-6-19-26-21(15-2-4-17(23)5-3-15)22(30(19)27-20)16-8-9-25-18(24)14-16/h2-9,14H,10-13H2,1H3,(H2,24,25). The summed E-state index contributed by atoms with van der Waals surface area (Å²) in [5.41, 5.74) is 9.88. The molecule has 0 bridgehead atoms. The Morgan fingerprint density at radius 1 is 0.933 bits per heavy atom. The smallest absolute Gasteiger partial charge is 0.155 e. The summed E-state index contributed by atoms with van der Waals surface area (Å²) in [6.07, 6.45) is 1.67. The highest BCUT2D eigenvalue weighted by atomic mass is 19.1. The number of piperazine rings is 1. The fourth-order valence-electron chi connectivity index (χ4n) is 3.79. The second-order valence-corrected chi connectivity index (χ2v) is 7.54. The molecule has 2 N–H and O–H groups in total. The van der Waals surface area contributed by atoms with Crippen LogP contribution in [0, 0.1) is 5.82 Å². The highest BCUT2D eigenvalue weighted by Crippen LogP contribution is 2.33. The van der Waals surface area contributed by atoms with Gasteiger partial charge in [-0.15, -0.1) is 5.10 Å². The van der Waals surface area contributed by atoms with Crippen LogP contribution < -0.4 is 10.6 Å². The summed E-state index contributed by atoms with van der Waals surface area (Å²) in [5.74, 6) is 1.04. The number of nitrogens with two attached hydrogens (primary N) is 1. The first-order valence-electron chi connectivity index (χ1n) is 9.89. The van der Waals surface area contributed by atoms with Gasteiger partial charge in [-0.2, -0.15) is 0 Å². The second-order valence-electron chi connectivity index (χ2n) is 7.54. The zero-order chi connectivity index (χ0) is 20.7. The van der Waals surface area contributed by atoms with Crippen molar-refractivity contribution in [2.24, 2.45) is 0 Å². The molecule has 0 amide bonds. The van der Waals surface area contributed by atoms with E-state index in [0.29, 0.717) is 5.82 Å². The van der Waals surface area contributed by atoms with Gasteiger partial charge in [0, 0.05) is 43.5 Å². The van der Waals surface area contributed by atoms with Crippen LogP contribution in [-0.2, 0) is 0 Å². The SMILES string of the molecule is CN1CCN(c2ccc3nc(-c4ccc(F)cc4)c(-c4ccnc(N)c4)n3n2)CC1. The summed E-state index contributed by atoms with van der Waals surface area (Å²) in [6, 6.07) is 14.0. The van der Waals surface area contributed by atoms with Gasteiger partial charge in [0.2, 0.25) is 0 Å². The molecule has 0 radical (unpaired) electrons. The number of hydrogen-bond donors (Lipinski definition) is 1. The molecule has 30 heavy (non-hydrogen) atoms. The third kappa shape index (κ3) is 3.35. The lowest BCUT2D eigenvalue weighted by Gasteiger charge is -2.33. The molecule has 0 atom stereocenters. The summed E-state index contributed by atoms with van der Waals surface area (Å²) in [6.45, 7) is 3.84. The number of nitrogen functional groups attached to an aromatic ring is 1.